The second kappa shape index (κ2) is 4.57. The highest BCUT2D eigenvalue weighted by Crippen LogP contribution is 2.25. The molecule has 0 radical (unpaired) electrons. The fourth-order valence-corrected chi connectivity index (χ4v) is 1.78. The van der Waals surface area contributed by atoms with Gasteiger partial charge in [-0.15, -0.1) is 0 Å². The zero-order chi connectivity index (χ0) is 9.80. The lowest BCUT2D eigenvalue weighted by Crippen LogP contribution is -2.13. The zero-order valence-corrected chi connectivity index (χ0v) is 8.33. The molecule has 2 rings (SSSR count). The van der Waals surface area contributed by atoms with E-state index < -0.39 is 0 Å². The Morgan fingerprint density at radius 2 is 2.50 bits per heavy atom. The number of rotatable bonds is 3. The molecular formula is C10H17N3O. The smallest absolute Gasteiger partial charge is 0.135 e. The summed E-state index contributed by atoms with van der Waals surface area (Å²) in [4.78, 5) is 7.59. The number of nitrogens with zero attached hydrogens (tertiary/aromatic N) is 1. The normalized spacial score (nSPS) is 22.5. The molecule has 1 fully saturated rings. The van der Waals surface area contributed by atoms with Crippen LogP contribution in [0.15, 0.2) is 6.20 Å². The summed E-state index contributed by atoms with van der Waals surface area (Å²) < 4.78 is 5.63. The van der Waals surface area contributed by atoms with Gasteiger partial charge in [0.15, 0.2) is 0 Å². The highest BCUT2D eigenvalue weighted by molar-refractivity contribution is 5.04. The minimum atomic E-state index is 0.176. The van der Waals surface area contributed by atoms with Crippen LogP contribution in [0.25, 0.3) is 0 Å². The van der Waals surface area contributed by atoms with E-state index in [1.165, 1.54) is 12.8 Å². The Morgan fingerprint density at radius 3 is 3.21 bits per heavy atom. The van der Waals surface area contributed by atoms with Crippen LogP contribution in [-0.2, 0) is 11.2 Å². The molecular weight excluding hydrogens is 178 g/mol. The van der Waals surface area contributed by atoms with Gasteiger partial charge in [-0.3, -0.25) is 0 Å². The van der Waals surface area contributed by atoms with Crippen LogP contribution in [0, 0.1) is 0 Å². The summed E-state index contributed by atoms with van der Waals surface area (Å²) in [6.45, 7) is 1.52. The Morgan fingerprint density at radius 1 is 1.57 bits per heavy atom. The van der Waals surface area contributed by atoms with E-state index in [9.17, 15) is 0 Å². The predicted octanol–water partition coefficient (Wildman–Crippen LogP) is 1.15. The molecule has 2 heterocycles. The minimum Gasteiger partial charge on any atom is -0.370 e. The van der Waals surface area contributed by atoms with Gasteiger partial charge in [-0.25, -0.2) is 4.98 Å². The third-order valence-electron chi connectivity index (χ3n) is 2.55. The lowest BCUT2D eigenvalue weighted by molar-refractivity contribution is 0.00990. The second-order valence-electron chi connectivity index (χ2n) is 3.69. The molecule has 1 aromatic heterocycles. The second-order valence-corrected chi connectivity index (χ2v) is 3.69. The minimum absolute atomic E-state index is 0.176. The molecule has 0 aromatic carbocycles. The Balaban J connectivity index is 2.00. The van der Waals surface area contributed by atoms with Crippen LogP contribution in [0.1, 0.15) is 36.9 Å². The number of H-pyrrole nitrogens is 1. The molecule has 4 nitrogen and oxygen atoms in total. The van der Waals surface area contributed by atoms with Gasteiger partial charge >= 0.3 is 0 Å². The quantitative estimate of drug-likeness (QED) is 0.760. The monoisotopic (exact) mass is 195 g/mol. The van der Waals surface area contributed by atoms with Crippen LogP contribution in [-0.4, -0.2) is 23.1 Å². The first-order valence-corrected chi connectivity index (χ1v) is 5.25. The molecule has 0 aliphatic carbocycles. The summed E-state index contributed by atoms with van der Waals surface area (Å²) in [5.74, 6) is 0.966. The zero-order valence-electron chi connectivity index (χ0n) is 8.33. The van der Waals surface area contributed by atoms with Crippen molar-refractivity contribution in [3.05, 3.63) is 17.7 Å². The van der Waals surface area contributed by atoms with E-state index in [2.05, 4.69) is 9.97 Å². The van der Waals surface area contributed by atoms with Crippen LogP contribution in [0.3, 0.4) is 0 Å². The third kappa shape index (κ3) is 2.13. The standard InChI is InChI=1S/C10H17N3O/c11-5-4-8-7-12-10(13-8)9-3-1-2-6-14-9/h7,9H,1-6,11H2,(H,12,13). The highest BCUT2D eigenvalue weighted by atomic mass is 16.5. The molecule has 1 saturated heterocycles. The number of nitrogens with two attached hydrogens (primary N) is 1. The number of imidazole rings is 1. The molecule has 1 unspecified atom stereocenters. The van der Waals surface area contributed by atoms with E-state index in [0.717, 1.165) is 31.0 Å². The van der Waals surface area contributed by atoms with Gasteiger partial charge < -0.3 is 15.5 Å². The van der Waals surface area contributed by atoms with Crippen LogP contribution >= 0.6 is 0 Å². The first kappa shape index (κ1) is 9.68. The molecule has 1 aliphatic heterocycles. The summed E-state index contributed by atoms with van der Waals surface area (Å²) in [7, 11) is 0. The van der Waals surface area contributed by atoms with Crippen molar-refractivity contribution in [2.45, 2.75) is 31.8 Å². The van der Waals surface area contributed by atoms with E-state index in [1.807, 2.05) is 6.20 Å². The van der Waals surface area contributed by atoms with Gasteiger partial charge in [0.25, 0.3) is 0 Å². The van der Waals surface area contributed by atoms with E-state index >= 15 is 0 Å². The average Bonchev–Trinajstić information content (AvgIpc) is 2.68. The molecule has 3 N–H and O–H groups in total. The first-order valence-electron chi connectivity index (χ1n) is 5.25. The fraction of sp³-hybridized carbons (Fsp3) is 0.700. The van der Waals surface area contributed by atoms with E-state index in [4.69, 9.17) is 10.5 Å². The Kier molecular flexibility index (Phi) is 3.16. The van der Waals surface area contributed by atoms with Crippen molar-refractivity contribution in [1.29, 1.82) is 0 Å². The van der Waals surface area contributed by atoms with Gasteiger partial charge in [0, 0.05) is 24.9 Å². The van der Waals surface area contributed by atoms with Gasteiger partial charge in [0.05, 0.1) is 0 Å². The van der Waals surface area contributed by atoms with Gasteiger partial charge in [-0.1, -0.05) is 0 Å². The maximum absolute atomic E-state index is 5.63. The fourth-order valence-electron chi connectivity index (χ4n) is 1.78. The lowest BCUT2D eigenvalue weighted by Gasteiger charge is -2.20. The van der Waals surface area contributed by atoms with Crippen molar-refractivity contribution in [3.8, 4) is 0 Å². The molecule has 1 aliphatic rings. The van der Waals surface area contributed by atoms with Crippen LogP contribution in [0.2, 0.25) is 0 Å². The number of nitrogens with one attached hydrogen (secondary N) is 1. The van der Waals surface area contributed by atoms with E-state index in [0.29, 0.717) is 6.54 Å². The lowest BCUT2D eigenvalue weighted by atomic mass is 10.1. The summed E-state index contributed by atoms with van der Waals surface area (Å²) in [6.07, 6.45) is 6.38. The topological polar surface area (TPSA) is 63.9 Å². The van der Waals surface area contributed by atoms with Crippen LogP contribution < -0.4 is 5.73 Å². The van der Waals surface area contributed by atoms with Crippen molar-refractivity contribution < 1.29 is 4.74 Å². The number of aromatic nitrogens is 2. The van der Waals surface area contributed by atoms with Crippen molar-refractivity contribution in [2.75, 3.05) is 13.2 Å². The summed E-state index contributed by atoms with van der Waals surface area (Å²) in [5.41, 5.74) is 6.58. The SMILES string of the molecule is NCCc1cnc(C2CCCCO2)[nH]1. The van der Waals surface area contributed by atoms with E-state index in [-0.39, 0.29) is 6.10 Å². The summed E-state index contributed by atoms with van der Waals surface area (Å²) in [5, 5.41) is 0. The Hall–Kier alpha value is -0.870. The molecule has 0 amide bonds. The molecule has 0 saturated carbocycles. The van der Waals surface area contributed by atoms with Crippen LogP contribution in [0.4, 0.5) is 0 Å². The molecule has 1 atom stereocenters. The number of aromatic amines is 1. The van der Waals surface area contributed by atoms with Gasteiger partial charge in [0.1, 0.15) is 11.9 Å². The number of hydrogen-bond donors (Lipinski definition) is 2. The highest BCUT2D eigenvalue weighted by Gasteiger charge is 2.18. The first-order chi connectivity index (χ1) is 6.90. The molecule has 4 heteroatoms. The van der Waals surface area contributed by atoms with Crippen molar-refractivity contribution in [3.63, 3.8) is 0 Å². The summed E-state index contributed by atoms with van der Waals surface area (Å²) >= 11 is 0. The molecule has 14 heavy (non-hydrogen) atoms. The maximum atomic E-state index is 5.63. The van der Waals surface area contributed by atoms with Crippen molar-refractivity contribution in [1.82, 2.24) is 9.97 Å². The van der Waals surface area contributed by atoms with Gasteiger partial charge in [0.2, 0.25) is 0 Å². The maximum Gasteiger partial charge on any atom is 0.135 e. The Labute approximate surface area is 83.9 Å². The van der Waals surface area contributed by atoms with Crippen molar-refractivity contribution in [2.24, 2.45) is 5.73 Å². The van der Waals surface area contributed by atoms with Gasteiger partial charge in [-0.2, -0.15) is 0 Å². The number of ether oxygens (including phenoxy) is 1. The number of hydrogen-bond acceptors (Lipinski definition) is 3. The third-order valence-corrected chi connectivity index (χ3v) is 2.55. The molecule has 78 valence electrons. The van der Waals surface area contributed by atoms with Gasteiger partial charge in [-0.05, 0) is 25.8 Å². The summed E-state index contributed by atoms with van der Waals surface area (Å²) in [6, 6.07) is 0. The largest absolute Gasteiger partial charge is 0.370 e. The molecule has 0 bridgehead atoms. The molecule has 1 aromatic rings. The van der Waals surface area contributed by atoms with E-state index in [1.54, 1.807) is 0 Å². The van der Waals surface area contributed by atoms with Crippen molar-refractivity contribution >= 4 is 0 Å². The molecule has 0 spiro atoms. The average molecular weight is 195 g/mol. The Bertz CT molecular complexity index is 279. The van der Waals surface area contributed by atoms with Crippen LogP contribution in [0.5, 0.6) is 0 Å². The predicted molar refractivity (Wildman–Crippen MR) is 53.9 cm³/mol.